The largest absolute Gasteiger partial charge is 0.497 e. The average Bonchev–Trinajstić information content (AvgIpc) is 2.48. The van der Waals surface area contributed by atoms with Crippen molar-refractivity contribution in [2.45, 2.75) is 20.4 Å². The van der Waals surface area contributed by atoms with Crippen LogP contribution in [0.3, 0.4) is 0 Å². The van der Waals surface area contributed by atoms with Crippen molar-refractivity contribution in [2.24, 2.45) is 0 Å². The first kappa shape index (κ1) is 14.3. The van der Waals surface area contributed by atoms with E-state index in [0.29, 0.717) is 0 Å². The fourth-order valence-electron chi connectivity index (χ4n) is 2.08. The fourth-order valence-corrected chi connectivity index (χ4v) is 2.08. The predicted octanol–water partition coefficient (Wildman–Crippen LogP) is 3.93. The van der Waals surface area contributed by atoms with E-state index in [0.717, 1.165) is 29.3 Å². The van der Waals surface area contributed by atoms with Crippen LogP contribution in [0, 0.1) is 13.8 Å². The lowest BCUT2D eigenvalue weighted by Gasteiger charge is -2.13. The third kappa shape index (κ3) is 3.23. The van der Waals surface area contributed by atoms with Gasteiger partial charge in [-0.25, -0.2) is 0 Å². The predicted molar refractivity (Wildman–Crippen MR) is 82.8 cm³/mol. The smallest absolute Gasteiger partial charge is 0.124 e. The summed E-state index contributed by atoms with van der Waals surface area (Å²) in [5.41, 5.74) is 4.74. The van der Waals surface area contributed by atoms with Crippen LogP contribution < -0.4 is 14.8 Å². The zero-order valence-electron chi connectivity index (χ0n) is 12.5. The van der Waals surface area contributed by atoms with Gasteiger partial charge in [0.25, 0.3) is 0 Å². The Balaban J connectivity index is 2.11. The van der Waals surface area contributed by atoms with Crippen molar-refractivity contribution in [1.29, 1.82) is 0 Å². The summed E-state index contributed by atoms with van der Waals surface area (Å²) in [4.78, 5) is 0. The van der Waals surface area contributed by atoms with Gasteiger partial charge in [-0.2, -0.15) is 0 Å². The van der Waals surface area contributed by atoms with E-state index in [1.165, 1.54) is 11.1 Å². The molecule has 0 radical (unpaired) electrons. The van der Waals surface area contributed by atoms with Gasteiger partial charge >= 0.3 is 0 Å². The maximum Gasteiger partial charge on any atom is 0.124 e. The van der Waals surface area contributed by atoms with Gasteiger partial charge in [0.2, 0.25) is 0 Å². The molecular weight excluding hydrogens is 250 g/mol. The molecule has 2 aromatic rings. The molecule has 106 valence electrons. The standard InChI is InChI=1S/C17H21NO2/c1-12-9-14(17(20-4)10-13(12)2)11-18-15-5-7-16(19-3)8-6-15/h5-10,18H,11H2,1-4H3. The molecule has 3 nitrogen and oxygen atoms in total. The maximum atomic E-state index is 5.45. The highest BCUT2D eigenvalue weighted by Gasteiger charge is 2.06. The number of hydrogen-bond donors (Lipinski definition) is 1. The van der Waals surface area contributed by atoms with Crippen LogP contribution in [0.2, 0.25) is 0 Å². The zero-order chi connectivity index (χ0) is 14.5. The van der Waals surface area contributed by atoms with Crippen LogP contribution in [0.5, 0.6) is 11.5 Å². The molecule has 0 aliphatic rings. The van der Waals surface area contributed by atoms with Crippen molar-refractivity contribution in [3.8, 4) is 11.5 Å². The summed E-state index contributed by atoms with van der Waals surface area (Å²) in [7, 11) is 3.38. The van der Waals surface area contributed by atoms with Gasteiger partial charge in [-0.15, -0.1) is 0 Å². The van der Waals surface area contributed by atoms with Crippen molar-refractivity contribution in [3.63, 3.8) is 0 Å². The fraction of sp³-hybridized carbons (Fsp3) is 0.294. The van der Waals surface area contributed by atoms with Gasteiger partial charge in [0.05, 0.1) is 14.2 Å². The Kier molecular flexibility index (Phi) is 4.51. The molecule has 0 aliphatic heterocycles. The molecule has 0 unspecified atom stereocenters. The van der Waals surface area contributed by atoms with Crippen molar-refractivity contribution in [1.82, 2.24) is 0 Å². The average molecular weight is 271 g/mol. The van der Waals surface area contributed by atoms with E-state index in [9.17, 15) is 0 Å². The Morgan fingerprint density at radius 1 is 0.900 bits per heavy atom. The quantitative estimate of drug-likeness (QED) is 0.893. The van der Waals surface area contributed by atoms with Crippen molar-refractivity contribution >= 4 is 5.69 Å². The van der Waals surface area contributed by atoms with Gasteiger partial charge < -0.3 is 14.8 Å². The van der Waals surface area contributed by atoms with Crippen LogP contribution in [0.25, 0.3) is 0 Å². The monoisotopic (exact) mass is 271 g/mol. The van der Waals surface area contributed by atoms with Crippen molar-refractivity contribution in [2.75, 3.05) is 19.5 Å². The zero-order valence-corrected chi connectivity index (χ0v) is 12.5. The Morgan fingerprint density at radius 3 is 2.15 bits per heavy atom. The van der Waals surface area contributed by atoms with Gasteiger partial charge in [-0.1, -0.05) is 6.07 Å². The highest BCUT2D eigenvalue weighted by Crippen LogP contribution is 2.24. The minimum absolute atomic E-state index is 0.733. The van der Waals surface area contributed by atoms with Crippen LogP contribution in [0.4, 0.5) is 5.69 Å². The molecule has 20 heavy (non-hydrogen) atoms. The molecule has 0 heterocycles. The minimum Gasteiger partial charge on any atom is -0.497 e. The number of anilines is 1. The lowest BCUT2D eigenvalue weighted by atomic mass is 10.0. The van der Waals surface area contributed by atoms with E-state index >= 15 is 0 Å². The van der Waals surface area contributed by atoms with Crippen molar-refractivity contribution < 1.29 is 9.47 Å². The van der Waals surface area contributed by atoms with Crippen LogP contribution in [-0.2, 0) is 6.54 Å². The number of aryl methyl sites for hydroxylation is 2. The Bertz CT molecular complexity index is 576. The number of rotatable bonds is 5. The molecular formula is C17H21NO2. The lowest BCUT2D eigenvalue weighted by Crippen LogP contribution is -2.03. The van der Waals surface area contributed by atoms with Crippen LogP contribution in [0.1, 0.15) is 16.7 Å². The van der Waals surface area contributed by atoms with Crippen molar-refractivity contribution in [3.05, 3.63) is 53.1 Å². The molecule has 0 spiro atoms. The van der Waals surface area contributed by atoms with E-state index in [2.05, 4.69) is 31.3 Å². The Hall–Kier alpha value is -2.16. The first-order valence-electron chi connectivity index (χ1n) is 6.66. The molecule has 0 aliphatic carbocycles. The Morgan fingerprint density at radius 2 is 1.55 bits per heavy atom. The van der Waals surface area contributed by atoms with Gasteiger partial charge in [0.1, 0.15) is 11.5 Å². The SMILES string of the molecule is COc1ccc(NCc2cc(C)c(C)cc2OC)cc1. The summed E-state index contributed by atoms with van der Waals surface area (Å²) in [6, 6.07) is 12.2. The van der Waals surface area contributed by atoms with E-state index in [1.54, 1.807) is 14.2 Å². The van der Waals surface area contributed by atoms with Gasteiger partial charge in [-0.05, 0) is 55.3 Å². The number of ether oxygens (including phenoxy) is 2. The van der Waals surface area contributed by atoms with Crippen LogP contribution in [0.15, 0.2) is 36.4 Å². The van der Waals surface area contributed by atoms with Gasteiger partial charge in [0, 0.05) is 17.8 Å². The maximum absolute atomic E-state index is 5.45. The molecule has 0 fully saturated rings. The summed E-state index contributed by atoms with van der Waals surface area (Å²) in [5, 5.41) is 3.40. The first-order chi connectivity index (χ1) is 9.63. The molecule has 0 aromatic heterocycles. The van der Waals surface area contributed by atoms with E-state index in [1.807, 2.05) is 24.3 Å². The number of benzene rings is 2. The third-order valence-corrected chi connectivity index (χ3v) is 3.47. The molecule has 2 aromatic carbocycles. The second-order valence-corrected chi connectivity index (χ2v) is 4.83. The summed E-state index contributed by atoms with van der Waals surface area (Å²) >= 11 is 0. The topological polar surface area (TPSA) is 30.5 Å². The molecule has 0 bridgehead atoms. The summed E-state index contributed by atoms with van der Waals surface area (Å²) in [5.74, 6) is 1.79. The third-order valence-electron chi connectivity index (χ3n) is 3.47. The molecule has 0 saturated heterocycles. The van der Waals surface area contributed by atoms with E-state index in [-0.39, 0.29) is 0 Å². The normalized spacial score (nSPS) is 10.2. The highest BCUT2D eigenvalue weighted by atomic mass is 16.5. The number of hydrogen-bond acceptors (Lipinski definition) is 3. The summed E-state index contributed by atoms with van der Waals surface area (Å²) in [6.45, 7) is 4.95. The minimum atomic E-state index is 0.733. The van der Waals surface area contributed by atoms with Crippen LogP contribution >= 0.6 is 0 Å². The second-order valence-electron chi connectivity index (χ2n) is 4.83. The van der Waals surface area contributed by atoms with Gasteiger partial charge in [-0.3, -0.25) is 0 Å². The summed E-state index contributed by atoms with van der Waals surface area (Å²) < 4.78 is 10.6. The number of methoxy groups -OCH3 is 2. The molecule has 2 rings (SSSR count). The van der Waals surface area contributed by atoms with E-state index < -0.39 is 0 Å². The van der Waals surface area contributed by atoms with Gasteiger partial charge in [0.15, 0.2) is 0 Å². The molecule has 0 saturated carbocycles. The molecule has 3 heteroatoms. The highest BCUT2D eigenvalue weighted by molar-refractivity contribution is 5.49. The first-order valence-corrected chi connectivity index (χ1v) is 6.66. The molecule has 0 atom stereocenters. The number of nitrogens with one attached hydrogen (secondary N) is 1. The van der Waals surface area contributed by atoms with E-state index in [4.69, 9.17) is 9.47 Å². The molecule has 1 N–H and O–H groups in total. The van der Waals surface area contributed by atoms with Crippen LogP contribution in [-0.4, -0.2) is 14.2 Å². The lowest BCUT2D eigenvalue weighted by molar-refractivity contribution is 0.410. The second kappa shape index (κ2) is 6.33. The molecule has 0 amide bonds. The Labute approximate surface area is 120 Å². The summed E-state index contributed by atoms with van der Waals surface area (Å²) in [6.07, 6.45) is 0.